The average molecular weight is 324 g/mol. The lowest BCUT2D eigenvalue weighted by molar-refractivity contribution is 0.508. The molecule has 0 atom stereocenters. The smallest absolute Gasteiger partial charge is 0.191 e. The molecule has 2 N–H and O–H groups in total. The first-order valence-electron chi connectivity index (χ1n) is 8.50. The Morgan fingerprint density at radius 1 is 1.12 bits per heavy atom. The van der Waals surface area contributed by atoms with Crippen molar-refractivity contribution in [3.8, 4) is 0 Å². The highest BCUT2D eigenvalue weighted by molar-refractivity contribution is 5.79. The van der Waals surface area contributed by atoms with Gasteiger partial charge in [-0.1, -0.05) is 49.7 Å². The molecule has 128 valence electrons. The van der Waals surface area contributed by atoms with Crippen LogP contribution in [0, 0.1) is 6.92 Å². The highest BCUT2D eigenvalue weighted by atomic mass is 15.2. The maximum Gasteiger partial charge on any atom is 0.191 e. The number of nitrogens with zero attached hydrogens (tertiary/aromatic N) is 2. The zero-order valence-corrected chi connectivity index (χ0v) is 15.1. The summed E-state index contributed by atoms with van der Waals surface area (Å²) >= 11 is 0. The highest BCUT2D eigenvalue weighted by Crippen LogP contribution is 2.22. The van der Waals surface area contributed by atoms with Crippen LogP contribution in [-0.2, 0) is 12.0 Å². The summed E-state index contributed by atoms with van der Waals surface area (Å²) in [4.78, 5) is 8.94. The van der Waals surface area contributed by atoms with E-state index < -0.39 is 0 Å². The zero-order chi connectivity index (χ0) is 17.4. The van der Waals surface area contributed by atoms with Crippen LogP contribution >= 0.6 is 0 Å². The first kappa shape index (κ1) is 18.0. The Labute approximate surface area is 145 Å². The van der Waals surface area contributed by atoms with Gasteiger partial charge >= 0.3 is 0 Å². The predicted octanol–water partition coefficient (Wildman–Crippen LogP) is 3.42. The lowest BCUT2D eigenvalue weighted by Crippen LogP contribution is -2.43. The molecule has 0 unspecified atom stereocenters. The second-order valence-corrected chi connectivity index (χ2v) is 6.62. The van der Waals surface area contributed by atoms with Crippen molar-refractivity contribution < 1.29 is 0 Å². The summed E-state index contributed by atoms with van der Waals surface area (Å²) in [6, 6.07) is 14.6. The molecule has 0 aliphatic rings. The minimum Gasteiger partial charge on any atom is -0.357 e. The molecule has 0 saturated heterocycles. The Hall–Kier alpha value is -2.36. The molecule has 0 saturated carbocycles. The molecule has 2 aromatic rings. The summed E-state index contributed by atoms with van der Waals surface area (Å²) in [5.74, 6) is 0.823. The molecule has 1 heterocycles. The maximum absolute atomic E-state index is 4.63. The van der Waals surface area contributed by atoms with E-state index in [-0.39, 0.29) is 5.41 Å². The molecule has 1 aromatic carbocycles. The SMILES string of the molecule is CCNC(=NCc1ccccn1)NCC(C)(C)c1cccc(C)c1. The molecule has 4 heteroatoms. The van der Waals surface area contributed by atoms with Crippen molar-refractivity contribution in [2.75, 3.05) is 13.1 Å². The van der Waals surface area contributed by atoms with E-state index in [0.29, 0.717) is 6.54 Å². The van der Waals surface area contributed by atoms with E-state index in [4.69, 9.17) is 0 Å². The number of hydrogen-bond acceptors (Lipinski definition) is 2. The van der Waals surface area contributed by atoms with Gasteiger partial charge < -0.3 is 10.6 Å². The lowest BCUT2D eigenvalue weighted by atomic mass is 9.84. The van der Waals surface area contributed by atoms with Crippen molar-refractivity contribution in [2.45, 2.75) is 39.7 Å². The molecular weight excluding hydrogens is 296 g/mol. The second kappa shape index (κ2) is 8.48. The quantitative estimate of drug-likeness (QED) is 0.632. The molecule has 0 spiro atoms. The van der Waals surface area contributed by atoms with Gasteiger partial charge in [0.05, 0.1) is 12.2 Å². The first-order valence-corrected chi connectivity index (χ1v) is 8.50. The van der Waals surface area contributed by atoms with E-state index in [9.17, 15) is 0 Å². The molecule has 0 aliphatic heterocycles. The molecule has 0 aliphatic carbocycles. The van der Waals surface area contributed by atoms with Crippen molar-refractivity contribution in [3.63, 3.8) is 0 Å². The van der Waals surface area contributed by atoms with Gasteiger partial charge in [-0.05, 0) is 31.5 Å². The van der Waals surface area contributed by atoms with Crippen molar-refractivity contribution >= 4 is 5.96 Å². The van der Waals surface area contributed by atoms with Gasteiger partial charge in [-0.2, -0.15) is 0 Å². The number of pyridine rings is 1. The Kier molecular flexibility index (Phi) is 6.36. The molecule has 0 fully saturated rings. The van der Waals surface area contributed by atoms with Crippen LogP contribution in [0.4, 0.5) is 0 Å². The van der Waals surface area contributed by atoms with Gasteiger partial charge in [-0.25, -0.2) is 4.99 Å². The Balaban J connectivity index is 2.02. The van der Waals surface area contributed by atoms with Gasteiger partial charge in [0, 0.05) is 24.7 Å². The van der Waals surface area contributed by atoms with Gasteiger partial charge in [-0.15, -0.1) is 0 Å². The van der Waals surface area contributed by atoms with Crippen molar-refractivity contribution in [1.29, 1.82) is 0 Å². The molecule has 0 radical (unpaired) electrons. The number of benzene rings is 1. The molecule has 0 amide bonds. The molecule has 4 nitrogen and oxygen atoms in total. The topological polar surface area (TPSA) is 49.3 Å². The van der Waals surface area contributed by atoms with Crippen molar-refractivity contribution in [2.24, 2.45) is 4.99 Å². The first-order chi connectivity index (χ1) is 11.5. The van der Waals surface area contributed by atoms with Crippen LogP contribution in [-0.4, -0.2) is 24.0 Å². The Bertz CT molecular complexity index is 662. The van der Waals surface area contributed by atoms with Gasteiger partial charge in [0.2, 0.25) is 0 Å². The van der Waals surface area contributed by atoms with E-state index in [2.05, 4.69) is 72.6 Å². The lowest BCUT2D eigenvalue weighted by Gasteiger charge is -2.27. The summed E-state index contributed by atoms with van der Waals surface area (Å²) in [6.07, 6.45) is 1.80. The molecule has 2 rings (SSSR count). The van der Waals surface area contributed by atoms with Crippen LogP contribution < -0.4 is 10.6 Å². The predicted molar refractivity (Wildman–Crippen MR) is 101 cm³/mol. The average Bonchev–Trinajstić information content (AvgIpc) is 2.58. The van der Waals surface area contributed by atoms with Gasteiger partial charge in [-0.3, -0.25) is 4.98 Å². The molecule has 1 aromatic heterocycles. The number of aryl methyl sites for hydroxylation is 1. The van der Waals surface area contributed by atoms with E-state index in [1.807, 2.05) is 18.2 Å². The molecule has 24 heavy (non-hydrogen) atoms. The van der Waals surface area contributed by atoms with E-state index in [1.165, 1.54) is 11.1 Å². The van der Waals surface area contributed by atoms with E-state index in [0.717, 1.165) is 24.7 Å². The van der Waals surface area contributed by atoms with Gasteiger partial charge in [0.15, 0.2) is 5.96 Å². The Morgan fingerprint density at radius 2 is 1.96 bits per heavy atom. The number of aliphatic imine (C=N–C) groups is 1. The largest absolute Gasteiger partial charge is 0.357 e. The number of guanidine groups is 1. The standard InChI is InChI=1S/C20H28N4/c1-5-21-19(23-14-18-11-6-7-12-22-18)24-15-20(3,4)17-10-8-9-16(2)13-17/h6-13H,5,14-15H2,1-4H3,(H2,21,23,24). The van der Waals surface area contributed by atoms with Crippen LogP contribution in [0.1, 0.15) is 37.6 Å². The van der Waals surface area contributed by atoms with Crippen molar-refractivity contribution in [1.82, 2.24) is 15.6 Å². The normalized spacial score (nSPS) is 12.1. The summed E-state index contributed by atoms with van der Waals surface area (Å²) in [6.45, 7) is 10.9. The summed E-state index contributed by atoms with van der Waals surface area (Å²) in [5, 5.41) is 6.76. The van der Waals surface area contributed by atoms with Gasteiger partial charge in [0.25, 0.3) is 0 Å². The number of nitrogens with one attached hydrogen (secondary N) is 2. The Morgan fingerprint density at radius 3 is 2.62 bits per heavy atom. The van der Waals surface area contributed by atoms with E-state index in [1.54, 1.807) is 6.20 Å². The summed E-state index contributed by atoms with van der Waals surface area (Å²) in [7, 11) is 0. The third kappa shape index (κ3) is 5.37. The third-order valence-corrected chi connectivity index (χ3v) is 3.97. The zero-order valence-electron chi connectivity index (χ0n) is 15.1. The minimum absolute atomic E-state index is 0.0210. The van der Waals surface area contributed by atoms with Crippen LogP contribution in [0.5, 0.6) is 0 Å². The molecule has 0 bridgehead atoms. The van der Waals surface area contributed by atoms with E-state index >= 15 is 0 Å². The fraction of sp³-hybridized carbons (Fsp3) is 0.400. The highest BCUT2D eigenvalue weighted by Gasteiger charge is 2.21. The van der Waals surface area contributed by atoms with Crippen LogP contribution in [0.15, 0.2) is 53.7 Å². The third-order valence-electron chi connectivity index (χ3n) is 3.97. The summed E-state index contributed by atoms with van der Waals surface area (Å²) in [5.41, 5.74) is 3.60. The maximum atomic E-state index is 4.63. The van der Waals surface area contributed by atoms with Crippen LogP contribution in [0.3, 0.4) is 0 Å². The second-order valence-electron chi connectivity index (χ2n) is 6.62. The van der Waals surface area contributed by atoms with Crippen molar-refractivity contribution in [3.05, 3.63) is 65.5 Å². The number of hydrogen-bond donors (Lipinski definition) is 2. The fourth-order valence-electron chi connectivity index (χ4n) is 2.47. The number of rotatable bonds is 6. The van der Waals surface area contributed by atoms with Gasteiger partial charge in [0.1, 0.15) is 0 Å². The monoisotopic (exact) mass is 324 g/mol. The number of aromatic nitrogens is 1. The molecular formula is C20H28N4. The van der Waals surface area contributed by atoms with Crippen LogP contribution in [0.2, 0.25) is 0 Å². The van der Waals surface area contributed by atoms with Crippen LogP contribution in [0.25, 0.3) is 0 Å². The fourth-order valence-corrected chi connectivity index (χ4v) is 2.47. The summed E-state index contributed by atoms with van der Waals surface area (Å²) < 4.78 is 0. The minimum atomic E-state index is 0.0210.